The van der Waals surface area contributed by atoms with Crippen LogP contribution in [-0.2, 0) is 18.3 Å². The number of anilines is 1. The minimum Gasteiger partial charge on any atom is -0.326 e. The third kappa shape index (κ3) is 3.58. The summed E-state index contributed by atoms with van der Waals surface area (Å²) in [6, 6.07) is 4.69. The van der Waals surface area contributed by atoms with E-state index >= 15 is 0 Å². The van der Waals surface area contributed by atoms with E-state index in [1.165, 1.54) is 6.07 Å². The highest BCUT2D eigenvalue weighted by Gasteiger charge is 2.17. The molecule has 0 saturated carbocycles. The Morgan fingerprint density at radius 3 is 2.61 bits per heavy atom. The molecule has 0 saturated heterocycles. The first-order valence-corrected chi connectivity index (χ1v) is 9.03. The molecule has 2 heterocycles. The van der Waals surface area contributed by atoms with Gasteiger partial charge in [0.15, 0.2) is 5.65 Å². The first-order chi connectivity index (χ1) is 13.2. The third-order valence-electron chi connectivity index (χ3n) is 5.02. The SMILES string of the molecule is Cc1ccc(NC(=O)CCc2c(C)nc3c(c(C)nn3C)c2C)cc1[N+](=O)[O-]. The Morgan fingerprint density at radius 1 is 1.21 bits per heavy atom. The molecule has 0 bridgehead atoms. The van der Waals surface area contributed by atoms with Crippen molar-refractivity contribution in [2.45, 2.75) is 40.5 Å². The van der Waals surface area contributed by atoms with E-state index in [0.29, 0.717) is 17.7 Å². The van der Waals surface area contributed by atoms with Gasteiger partial charge in [-0.2, -0.15) is 5.10 Å². The smallest absolute Gasteiger partial charge is 0.274 e. The van der Waals surface area contributed by atoms with Crippen LogP contribution in [-0.4, -0.2) is 25.6 Å². The monoisotopic (exact) mass is 381 g/mol. The van der Waals surface area contributed by atoms with Crippen LogP contribution in [0.4, 0.5) is 11.4 Å². The fourth-order valence-corrected chi connectivity index (χ4v) is 3.58. The summed E-state index contributed by atoms with van der Waals surface area (Å²) in [6.07, 6.45) is 0.796. The number of rotatable bonds is 5. The first-order valence-electron chi connectivity index (χ1n) is 9.03. The topological polar surface area (TPSA) is 103 Å². The van der Waals surface area contributed by atoms with Gasteiger partial charge in [-0.1, -0.05) is 6.07 Å². The van der Waals surface area contributed by atoms with E-state index in [-0.39, 0.29) is 18.0 Å². The van der Waals surface area contributed by atoms with Crippen molar-refractivity contribution in [3.8, 4) is 0 Å². The van der Waals surface area contributed by atoms with Crippen molar-refractivity contribution in [3.63, 3.8) is 0 Å². The number of pyridine rings is 1. The van der Waals surface area contributed by atoms with Gasteiger partial charge in [-0.3, -0.25) is 19.6 Å². The van der Waals surface area contributed by atoms with E-state index in [4.69, 9.17) is 0 Å². The maximum atomic E-state index is 12.4. The van der Waals surface area contributed by atoms with Crippen LogP contribution < -0.4 is 5.32 Å². The van der Waals surface area contributed by atoms with Gasteiger partial charge in [0, 0.05) is 41.9 Å². The molecule has 28 heavy (non-hydrogen) atoms. The number of benzene rings is 1. The quantitative estimate of drug-likeness (QED) is 0.536. The second kappa shape index (κ2) is 7.38. The lowest BCUT2D eigenvalue weighted by Gasteiger charge is -2.11. The molecule has 3 rings (SSSR count). The fraction of sp³-hybridized carbons (Fsp3) is 0.350. The summed E-state index contributed by atoms with van der Waals surface area (Å²) in [7, 11) is 1.87. The molecule has 0 aliphatic carbocycles. The van der Waals surface area contributed by atoms with Crippen molar-refractivity contribution in [2.24, 2.45) is 7.05 Å². The highest BCUT2D eigenvalue weighted by molar-refractivity contribution is 5.91. The number of amides is 1. The molecule has 146 valence electrons. The second-order valence-corrected chi connectivity index (χ2v) is 7.01. The minimum atomic E-state index is -0.450. The van der Waals surface area contributed by atoms with Crippen molar-refractivity contribution < 1.29 is 9.72 Å². The van der Waals surface area contributed by atoms with Gasteiger partial charge in [-0.25, -0.2) is 4.98 Å². The molecule has 1 amide bonds. The Hall–Kier alpha value is -3.29. The second-order valence-electron chi connectivity index (χ2n) is 7.01. The molecule has 0 fully saturated rings. The molecule has 8 heteroatoms. The lowest BCUT2D eigenvalue weighted by Crippen LogP contribution is -2.13. The highest BCUT2D eigenvalue weighted by atomic mass is 16.6. The molecular weight excluding hydrogens is 358 g/mol. The normalized spacial score (nSPS) is 11.0. The number of aryl methyl sites for hydroxylation is 5. The predicted octanol–water partition coefficient (Wildman–Crippen LogP) is 3.68. The highest BCUT2D eigenvalue weighted by Crippen LogP contribution is 2.26. The van der Waals surface area contributed by atoms with E-state index in [2.05, 4.69) is 15.4 Å². The number of fused-ring (bicyclic) bond motifs is 1. The zero-order valence-corrected chi connectivity index (χ0v) is 16.7. The number of aromatic nitrogens is 3. The number of nitrogens with one attached hydrogen (secondary N) is 1. The van der Waals surface area contributed by atoms with Crippen LogP contribution in [0.2, 0.25) is 0 Å². The number of hydrogen-bond donors (Lipinski definition) is 1. The number of carbonyl (C=O) groups is 1. The summed E-state index contributed by atoms with van der Waals surface area (Å²) < 4.78 is 1.77. The average molecular weight is 381 g/mol. The Labute approximate surface area is 162 Å². The summed E-state index contributed by atoms with van der Waals surface area (Å²) in [5, 5.41) is 19.3. The molecule has 0 unspecified atom stereocenters. The third-order valence-corrected chi connectivity index (χ3v) is 5.02. The number of carbonyl (C=O) groups excluding carboxylic acids is 1. The molecule has 2 aromatic heterocycles. The molecule has 0 atom stereocenters. The van der Waals surface area contributed by atoms with Crippen LogP contribution in [0.5, 0.6) is 0 Å². The molecule has 1 N–H and O–H groups in total. The van der Waals surface area contributed by atoms with Crippen molar-refractivity contribution in [1.29, 1.82) is 0 Å². The van der Waals surface area contributed by atoms with Gasteiger partial charge < -0.3 is 5.32 Å². The average Bonchev–Trinajstić information content (AvgIpc) is 2.90. The minimum absolute atomic E-state index is 0.00815. The maximum Gasteiger partial charge on any atom is 0.274 e. The van der Waals surface area contributed by atoms with Crippen LogP contribution in [0.25, 0.3) is 11.0 Å². The van der Waals surface area contributed by atoms with E-state index in [0.717, 1.165) is 33.5 Å². The summed E-state index contributed by atoms with van der Waals surface area (Å²) in [5.41, 5.74) is 5.74. The van der Waals surface area contributed by atoms with Gasteiger partial charge in [0.25, 0.3) is 5.69 Å². The number of nitro benzene ring substituents is 1. The molecule has 1 aromatic carbocycles. The van der Waals surface area contributed by atoms with Crippen LogP contribution in [0, 0.1) is 37.8 Å². The molecular formula is C20H23N5O3. The van der Waals surface area contributed by atoms with Gasteiger partial charge in [0.2, 0.25) is 5.91 Å². The summed E-state index contributed by atoms with van der Waals surface area (Å²) in [4.78, 5) is 27.7. The Balaban J connectivity index is 1.77. The molecule has 3 aromatic rings. The zero-order chi connectivity index (χ0) is 20.6. The lowest BCUT2D eigenvalue weighted by atomic mass is 9.99. The summed E-state index contributed by atoms with van der Waals surface area (Å²) in [6.45, 7) is 7.58. The van der Waals surface area contributed by atoms with Crippen molar-refractivity contribution >= 4 is 28.3 Å². The van der Waals surface area contributed by atoms with Crippen LogP contribution in [0.3, 0.4) is 0 Å². The molecule has 8 nitrogen and oxygen atoms in total. The van der Waals surface area contributed by atoms with Crippen LogP contribution in [0.1, 0.15) is 34.5 Å². The standard InChI is InChI=1S/C20H23N5O3/c1-11-6-7-15(10-17(11)25(27)28)22-18(26)9-8-16-12(2)19-14(4)23-24(5)20(19)21-13(16)3/h6-7,10H,8-9H2,1-5H3,(H,22,26). The van der Waals surface area contributed by atoms with E-state index < -0.39 is 4.92 Å². The number of nitrogens with zero attached hydrogens (tertiary/aromatic N) is 4. The van der Waals surface area contributed by atoms with Gasteiger partial charge in [-0.15, -0.1) is 0 Å². The van der Waals surface area contributed by atoms with Crippen molar-refractivity contribution in [1.82, 2.24) is 14.8 Å². The first kappa shape index (κ1) is 19.5. The fourth-order valence-electron chi connectivity index (χ4n) is 3.58. The van der Waals surface area contributed by atoms with Crippen LogP contribution >= 0.6 is 0 Å². The van der Waals surface area contributed by atoms with E-state index in [1.807, 2.05) is 27.8 Å². The largest absolute Gasteiger partial charge is 0.326 e. The molecule has 0 aliphatic rings. The van der Waals surface area contributed by atoms with E-state index in [9.17, 15) is 14.9 Å². The van der Waals surface area contributed by atoms with Gasteiger partial charge in [0.1, 0.15) is 0 Å². The summed E-state index contributed by atoms with van der Waals surface area (Å²) >= 11 is 0. The Kier molecular flexibility index (Phi) is 5.13. The molecule has 0 spiro atoms. The predicted molar refractivity (Wildman–Crippen MR) is 108 cm³/mol. The maximum absolute atomic E-state index is 12.4. The lowest BCUT2D eigenvalue weighted by molar-refractivity contribution is -0.385. The molecule has 0 aliphatic heterocycles. The molecule has 0 radical (unpaired) electrons. The Bertz CT molecular complexity index is 1100. The number of nitro groups is 1. The van der Waals surface area contributed by atoms with E-state index in [1.54, 1.807) is 23.7 Å². The van der Waals surface area contributed by atoms with Crippen molar-refractivity contribution in [3.05, 3.63) is 56.4 Å². The van der Waals surface area contributed by atoms with Gasteiger partial charge in [-0.05, 0) is 51.3 Å². The van der Waals surface area contributed by atoms with Crippen LogP contribution in [0.15, 0.2) is 18.2 Å². The number of hydrogen-bond acceptors (Lipinski definition) is 5. The van der Waals surface area contributed by atoms with Gasteiger partial charge >= 0.3 is 0 Å². The van der Waals surface area contributed by atoms with Crippen molar-refractivity contribution in [2.75, 3.05) is 5.32 Å². The Morgan fingerprint density at radius 2 is 1.93 bits per heavy atom. The van der Waals surface area contributed by atoms with Gasteiger partial charge in [0.05, 0.1) is 10.6 Å². The zero-order valence-electron chi connectivity index (χ0n) is 16.7. The summed E-state index contributed by atoms with van der Waals surface area (Å²) in [5.74, 6) is -0.194.